The lowest BCUT2D eigenvalue weighted by Gasteiger charge is -2.13. The number of carbonyl (C=O) groups excluding carboxylic acids is 2. The van der Waals surface area contributed by atoms with E-state index in [1.165, 1.54) is 11.3 Å². The van der Waals surface area contributed by atoms with E-state index in [0.29, 0.717) is 27.1 Å². The Bertz CT molecular complexity index is 958. The minimum atomic E-state index is -0.378. The highest BCUT2D eigenvalue weighted by molar-refractivity contribution is 7.12. The van der Waals surface area contributed by atoms with E-state index in [1.807, 2.05) is 31.2 Å². The molecule has 138 valence electrons. The molecule has 0 saturated carbocycles. The predicted octanol–water partition coefficient (Wildman–Crippen LogP) is 4.87. The molecular weight excluding hydrogens is 384 g/mol. The second kappa shape index (κ2) is 8.70. The van der Waals surface area contributed by atoms with Crippen molar-refractivity contribution < 1.29 is 14.3 Å². The van der Waals surface area contributed by atoms with Crippen LogP contribution in [0.3, 0.4) is 0 Å². The number of amides is 2. The number of hydrogen-bond donors (Lipinski definition) is 2. The number of nitrogens with one attached hydrogen (secondary N) is 2. The number of rotatable bonds is 6. The fourth-order valence-electron chi connectivity index (χ4n) is 2.34. The Morgan fingerprint density at radius 1 is 1.11 bits per heavy atom. The normalized spacial score (nSPS) is 10.3. The van der Waals surface area contributed by atoms with Crippen LogP contribution in [0.5, 0.6) is 11.5 Å². The highest BCUT2D eigenvalue weighted by Gasteiger charge is 2.12. The minimum Gasteiger partial charge on any atom is -0.455 e. The van der Waals surface area contributed by atoms with E-state index in [1.54, 1.807) is 35.7 Å². The molecule has 2 N–H and O–H groups in total. The van der Waals surface area contributed by atoms with Crippen LogP contribution >= 0.6 is 22.9 Å². The van der Waals surface area contributed by atoms with E-state index in [-0.39, 0.29) is 18.4 Å². The van der Waals surface area contributed by atoms with Gasteiger partial charge in [0.2, 0.25) is 5.91 Å². The standard InChI is InChI=1S/C20H17ClN2O3S/c1-13-4-2-5-15(10-13)26-17-8-7-14(21)11-16(17)23-19(24)12-22-20(25)18-6-3-9-27-18/h2-11H,12H2,1H3,(H,22,25)(H,23,24). The molecule has 0 aliphatic rings. The average molecular weight is 401 g/mol. The summed E-state index contributed by atoms with van der Waals surface area (Å²) in [5.41, 5.74) is 1.49. The van der Waals surface area contributed by atoms with Gasteiger partial charge in [-0.3, -0.25) is 9.59 Å². The molecule has 0 spiro atoms. The maximum atomic E-state index is 12.2. The first-order valence-corrected chi connectivity index (χ1v) is 9.42. The molecule has 0 atom stereocenters. The largest absolute Gasteiger partial charge is 0.455 e. The van der Waals surface area contributed by atoms with Crippen molar-refractivity contribution in [2.75, 3.05) is 11.9 Å². The lowest BCUT2D eigenvalue weighted by molar-refractivity contribution is -0.115. The van der Waals surface area contributed by atoms with Gasteiger partial charge in [0, 0.05) is 5.02 Å². The predicted molar refractivity (Wildman–Crippen MR) is 108 cm³/mol. The second-order valence-corrected chi connectivity index (χ2v) is 7.15. The summed E-state index contributed by atoms with van der Waals surface area (Å²) >= 11 is 7.36. The maximum absolute atomic E-state index is 12.2. The van der Waals surface area contributed by atoms with E-state index >= 15 is 0 Å². The Hall–Kier alpha value is -2.83. The zero-order valence-corrected chi connectivity index (χ0v) is 16.1. The fraction of sp³-hybridized carbons (Fsp3) is 0.100. The molecule has 0 bridgehead atoms. The van der Waals surface area contributed by atoms with Crippen LogP contribution in [0, 0.1) is 6.92 Å². The second-order valence-electron chi connectivity index (χ2n) is 5.77. The topological polar surface area (TPSA) is 67.4 Å². The Kier molecular flexibility index (Phi) is 6.11. The summed E-state index contributed by atoms with van der Waals surface area (Å²) in [4.78, 5) is 24.7. The Balaban J connectivity index is 1.67. The van der Waals surface area contributed by atoms with E-state index in [0.717, 1.165) is 5.56 Å². The van der Waals surface area contributed by atoms with Gasteiger partial charge in [-0.15, -0.1) is 11.3 Å². The van der Waals surface area contributed by atoms with Gasteiger partial charge in [-0.25, -0.2) is 0 Å². The van der Waals surface area contributed by atoms with E-state index in [4.69, 9.17) is 16.3 Å². The van der Waals surface area contributed by atoms with Crippen molar-refractivity contribution in [2.24, 2.45) is 0 Å². The van der Waals surface area contributed by atoms with Crippen molar-refractivity contribution in [3.8, 4) is 11.5 Å². The van der Waals surface area contributed by atoms with Gasteiger partial charge in [0.05, 0.1) is 17.1 Å². The van der Waals surface area contributed by atoms with Crippen LogP contribution in [0.1, 0.15) is 15.2 Å². The lowest BCUT2D eigenvalue weighted by Crippen LogP contribution is -2.32. The molecular formula is C20H17ClN2O3S. The van der Waals surface area contributed by atoms with Crippen LogP contribution in [-0.4, -0.2) is 18.4 Å². The lowest BCUT2D eigenvalue weighted by atomic mass is 10.2. The van der Waals surface area contributed by atoms with Gasteiger partial charge in [-0.05, 0) is 54.3 Å². The van der Waals surface area contributed by atoms with Crippen LogP contribution in [0.2, 0.25) is 5.02 Å². The van der Waals surface area contributed by atoms with Gasteiger partial charge in [0.15, 0.2) is 5.75 Å². The summed E-state index contributed by atoms with van der Waals surface area (Å²) in [5, 5.41) is 7.57. The third-order valence-corrected chi connectivity index (χ3v) is 4.69. The molecule has 2 aromatic carbocycles. The molecule has 1 aromatic heterocycles. The average Bonchev–Trinajstić information content (AvgIpc) is 3.17. The van der Waals surface area contributed by atoms with Gasteiger partial charge in [0.25, 0.3) is 5.91 Å². The molecule has 3 rings (SSSR count). The number of aryl methyl sites for hydroxylation is 1. The first kappa shape index (κ1) is 18.9. The van der Waals surface area contributed by atoms with Crippen LogP contribution < -0.4 is 15.4 Å². The SMILES string of the molecule is Cc1cccc(Oc2ccc(Cl)cc2NC(=O)CNC(=O)c2cccs2)c1. The van der Waals surface area contributed by atoms with Crippen molar-refractivity contribution in [1.82, 2.24) is 5.32 Å². The quantitative estimate of drug-likeness (QED) is 0.620. The Labute approximate surface area is 165 Å². The summed E-state index contributed by atoms with van der Waals surface area (Å²) in [6, 6.07) is 16.0. The molecule has 0 aliphatic heterocycles. The smallest absolute Gasteiger partial charge is 0.261 e. The Morgan fingerprint density at radius 2 is 1.96 bits per heavy atom. The molecule has 5 nitrogen and oxygen atoms in total. The van der Waals surface area contributed by atoms with E-state index in [9.17, 15) is 9.59 Å². The van der Waals surface area contributed by atoms with Gasteiger partial charge < -0.3 is 15.4 Å². The summed E-state index contributed by atoms with van der Waals surface area (Å²) in [6.45, 7) is 1.81. The van der Waals surface area contributed by atoms with Gasteiger partial charge in [-0.2, -0.15) is 0 Å². The summed E-state index contributed by atoms with van der Waals surface area (Å²) in [5.74, 6) is 0.445. The van der Waals surface area contributed by atoms with E-state index < -0.39 is 0 Å². The number of benzene rings is 2. The first-order chi connectivity index (χ1) is 13.0. The van der Waals surface area contributed by atoms with Crippen molar-refractivity contribution in [3.63, 3.8) is 0 Å². The molecule has 2 amide bonds. The van der Waals surface area contributed by atoms with Crippen LogP contribution in [0.4, 0.5) is 5.69 Å². The van der Waals surface area contributed by atoms with Gasteiger partial charge in [-0.1, -0.05) is 29.8 Å². The van der Waals surface area contributed by atoms with Crippen molar-refractivity contribution >= 4 is 40.4 Å². The molecule has 0 radical (unpaired) electrons. The van der Waals surface area contributed by atoms with Crippen molar-refractivity contribution in [3.05, 3.63) is 75.4 Å². The number of carbonyl (C=O) groups is 2. The van der Waals surface area contributed by atoms with Crippen LogP contribution in [0.15, 0.2) is 60.0 Å². The molecule has 0 unspecified atom stereocenters. The van der Waals surface area contributed by atoms with Crippen LogP contribution in [0.25, 0.3) is 0 Å². The number of hydrogen-bond acceptors (Lipinski definition) is 4. The third-order valence-electron chi connectivity index (χ3n) is 3.59. The zero-order chi connectivity index (χ0) is 19.2. The monoisotopic (exact) mass is 400 g/mol. The number of ether oxygens (including phenoxy) is 1. The van der Waals surface area contributed by atoms with Crippen molar-refractivity contribution in [1.29, 1.82) is 0 Å². The highest BCUT2D eigenvalue weighted by atomic mass is 35.5. The molecule has 7 heteroatoms. The summed E-state index contributed by atoms with van der Waals surface area (Å²) < 4.78 is 5.87. The summed E-state index contributed by atoms with van der Waals surface area (Å²) in [7, 11) is 0. The number of halogens is 1. The molecule has 3 aromatic rings. The number of thiophene rings is 1. The summed E-state index contributed by atoms with van der Waals surface area (Å²) in [6.07, 6.45) is 0. The molecule has 27 heavy (non-hydrogen) atoms. The molecule has 1 heterocycles. The van der Waals surface area contributed by atoms with Crippen molar-refractivity contribution in [2.45, 2.75) is 6.92 Å². The number of anilines is 1. The molecule has 0 saturated heterocycles. The van der Waals surface area contributed by atoms with Gasteiger partial charge in [0.1, 0.15) is 5.75 Å². The maximum Gasteiger partial charge on any atom is 0.261 e. The fourth-order valence-corrected chi connectivity index (χ4v) is 3.16. The van der Waals surface area contributed by atoms with E-state index in [2.05, 4.69) is 10.6 Å². The first-order valence-electron chi connectivity index (χ1n) is 8.17. The molecule has 0 fully saturated rings. The Morgan fingerprint density at radius 3 is 2.70 bits per heavy atom. The zero-order valence-electron chi connectivity index (χ0n) is 14.5. The van der Waals surface area contributed by atoms with Crippen LogP contribution in [-0.2, 0) is 4.79 Å². The highest BCUT2D eigenvalue weighted by Crippen LogP contribution is 2.32. The molecule has 0 aliphatic carbocycles. The van der Waals surface area contributed by atoms with Gasteiger partial charge >= 0.3 is 0 Å². The third kappa shape index (κ3) is 5.32. The minimum absolute atomic E-state index is 0.160.